The van der Waals surface area contributed by atoms with E-state index in [1.165, 1.54) is 10.9 Å². The molecule has 0 saturated heterocycles. The summed E-state index contributed by atoms with van der Waals surface area (Å²) in [6.45, 7) is 0. The van der Waals surface area contributed by atoms with Gasteiger partial charge in [0.1, 0.15) is 5.69 Å². The Morgan fingerprint density at radius 2 is 2.40 bits per heavy atom. The largest absolute Gasteiger partial charge is 0.393 e. The molecule has 0 aliphatic rings. The standard InChI is InChI=1S/C5H6BrN3O/c1-9-5(10)4(7)3(6)2-8-9/h2H,7H2,1H3. The summed E-state index contributed by atoms with van der Waals surface area (Å²) >= 11 is 3.08. The van der Waals surface area contributed by atoms with Crippen molar-refractivity contribution in [3.05, 3.63) is 21.0 Å². The number of nitrogens with zero attached hydrogens (tertiary/aromatic N) is 2. The lowest BCUT2D eigenvalue weighted by Crippen LogP contribution is -2.22. The highest BCUT2D eigenvalue weighted by Crippen LogP contribution is 2.10. The first-order chi connectivity index (χ1) is 4.63. The van der Waals surface area contributed by atoms with Crippen molar-refractivity contribution in [2.24, 2.45) is 7.05 Å². The lowest BCUT2D eigenvalue weighted by atomic mass is 10.5. The maximum Gasteiger partial charge on any atom is 0.290 e. The molecule has 1 aromatic rings. The van der Waals surface area contributed by atoms with Gasteiger partial charge in [0.05, 0.1) is 10.7 Å². The van der Waals surface area contributed by atoms with E-state index in [1.54, 1.807) is 7.05 Å². The van der Waals surface area contributed by atoms with Gasteiger partial charge in [-0.15, -0.1) is 0 Å². The molecular formula is C5H6BrN3O. The minimum Gasteiger partial charge on any atom is -0.393 e. The molecule has 0 radical (unpaired) electrons. The third-order valence-corrected chi connectivity index (χ3v) is 1.76. The van der Waals surface area contributed by atoms with E-state index in [0.717, 1.165) is 0 Å². The molecule has 4 nitrogen and oxygen atoms in total. The van der Waals surface area contributed by atoms with Crippen molar-refractivity contribution < 1.29 is 0 Å². The zero-order valence-corrected chi connectivity index (χ0v) is 6.92. The Labute approximate surface area is 65.8 Å². The van der Waals surface area contributed by atoms with Crippen molar-refractivity contribution >= 4 is 21.6 Å². The maximum atomic E-state index is 10.9. The van der Waals surface area contributed by atoms with Gasteiger partial charge in [-0.05, 0) is 15.9 Å². The van der Waals surface area contributed by atoms with Crippen LogP contribution in [0.5, 0.6) is 0 Å². The molecule has 0 aliphatic heterocycles. The van der Waals surface area contributed by atoms with E-state index in [2.05, 4.69) is 21.0 Å². The van der Waals surface area contributed by atoms with E-state index in [-0.39, 0.29) is 11.2 Å². The van der Waals surface area contributed by atoms with E-state index in [0.29, 0.717) is 4.47 Å². The van der Waals surface area contributed by atoms with Crippen LogP contribution in [-0.4, -0.2) is 9.78 Å². The minimum atomic E-state index is -0.283. The Kier molecular flexibility index (Phi) is 1.76. The smallest absolute Gasteiger partial charge is 0.290 e. The van der Waals surface area contributed by atoms with Crippen LogP contribution in [-0.2, 0) is 7.05 Å². The molecule has 10 heavy (non-hydrogen) atoms. The van der Waals surface area contributed by atoms with Crippen LogP contribution in [0, 0.1) is 0 Å². The van der Waals surface area contributed by atoms with E-state index in [4.69, 9.17) is 5.73 Å². The number of nitrogens with two attached hydrogens (primary N) is 1. The second-order valence-electron chi connectivity index (χ2n) is 1.83. The normalized spacial score (nSPS) is 9.80. The Morgan fingerprint density at radius 1 is 1.80 bits per heavy atom. The Morgan fingerprint density at radius 3 is 2.90 bits per heavy atom. The highest BCUT2D eigenvalue weighted by atomic mass is 79.9. The molecule has 0 aromatic carbocycles. The molecule has 0 bridgehead atoms. The van der Waals surface area contributed by atoms with Gasteiger partial charge in [0.25, 0.3) is 5.56 Å². The molecule has 0 aliphatic carbocycles. The Hall–Kier alpha value is -0.840. The quantitative estimate of drug-likeness (QED) is 0.653. The monoisotopic (exact) mass is 203 g/mol. The summed E-state index contributed by atoms with van der Waals surface area (Å²) in [4.78, 5) is 10.9. The molecule has 0 unspecified atom stereocenters. The molecule has 2 N–H and O–H groups in total. The van der Waals surface area contributed by atoms with Gasteiger partial charge in [-0.1, -0.05) is 0 Å². The maximum absolute atomic E-state index is 10.9. The highest BCUT2D eigenvalue weighted by molar-refractivity contribution is 9.10. The van der Waals surface area contributed by atoms with Crippen molar-refractivity contribution in [2.75, 3.05) is 5.73 Å². The molecule has 1 aromatic heterocycles. The number of aryl methyl sites for hydroxylation is 1. The number of aromatic nitrogens is 2. The fraction of sp³-hybridized carbons (Fsp3) is 0.200. The Balaban J connectivity index is 3.50. The van der Waals surface area contributed by atoms with Crippen LogP contribution in [0.1, 0.15) is 0 Å². The number of nitrogen functional groups attached to an aromatic ring is 1. The van der Waals surface area contributed by atoms with Gasteiger partial charge in [-0.2, -0.15) is 5.10 Å². The average molecular weight is 204 g/mol. The van der Waals surface area contributed by atoms with E-state index in [9.17, 15) is 4.79 Å². The number of hydrogen-bond donors (Lipinski definition) is 1. The lowest BCUT2D eigenvalue weighted by Gasteiger charge is -1.97. The molecule has 0 amide bonds. The molecule has 0 saturated carbocycles. The second kappa shape index (κ2) is 2.42. The predicted molar refractivity (Wildman–Crippen MR) is 41.6 cm³/mol. The van der Waals surface area contributed by atoms with Crippen molar-refractivity contribution in [1.82, 2.24) is 9.78 Å². The van der Waals surface area contributed by atoms with E-state index < -0.39 is 0 Å². The first kappa shape index (κ1) is 7.27. The highest BCUT2D eigenvalue weighted by Gasteiger charge is 2.00. The third kappa shape index (κ3) is 1.04. The SMILES string of the molecule is Cn1ncc(Br)c(N)c1=O. The molecule has 1 rings (SSSR count). The van der Waals surface area contributed by atoms with E-state index in [1.807, 2.05) is 0 Å². The fourth-order valence-electron chi connectivity index (χ4n) is 0.536. The predicted octanol–water partition coefficient (Wildman–Crippen LogP) is 0.125. The lowest BCUT2D eigenvalue weighted by molar-refractivity contribution is 0.708. The van der Waals surface area contributed by atoms with Gasteiger partial charge < -0.3 is 5.73 Å². The van der Waals surface area contributed by atoms with E-state index >= 15 is 0 Å². The van der Waals surface area contributed by atoms with Crippen LogP contribution in [0.4, 0.5) is 5.69 Å². The van der Waals surface area contributed by atoms with Crippen LogP contribution < -0.4 is 11.3 Å². The Bertz CT molecular complexity index is 306. The van der Waals surface area contributed by atoms with Crippen LogP contribution in [0.15, 0.2) is 15.5 Å². The number of hydrogen-bond acceptors (Lipinski definition) is 3. The molecular weight excluding hydrogens is 198 g/mol. The summed E-state index contributed by atoms with van der Waals surface area (Å²) in [6.07, 6.45) is 1.48. The van der Waals surface area contributed by atoms with Crippen molar-refractivity contribution in [1.29, 1.82) is 0 Å². The molecule has 1 heterocycles. The zero-order valence-electron chi connectivity index (χ0n) is 5.34. The first-order valence-corrected chi connectivity index (χ1v) is 3.39. The van der Waals surface area contributed by atoms with Gasteiger partial charge in [-0.25, -0.2) is 4.68 Å². The molecule has 0 fully saturated rings. The van der Waals surface area contributed by atoms with Crippen molar-refractivity contribution in [2.45, 2.75) is 0 Å². The summed E-state index contributed by atoms with van der Waals surface area (Å²) in [6, 6.07) is 0. The van der Waals surface area contributed by atoms with Gasteiger partial charge in [0.15, 0.2) is 0 Å². The molecule has 0 spiro atoms. The summed E-state index contributed by atoms with van der Waals surface area (Å²) in [5, 5.41) is 3.72. The number of anilines is 1. The van der Waals surface area contributed by atoms with Gasteiger partial charge in [0.2, 0.25) is 0 Å². The fourth-order valence-corrected chi connectivity index (χ4v) is 0.797. The summed E-state index contributed by atoms with van der Waals surface area (Å²) in [7, 11) is 1.55. The number of halogens is 1. The zero-order chi connectivity index (χ0) is 7.72. The second-order valence-corrected chi connectivity index (χ2v) is 2.69. The van der Waals surface area contributed by atoms with Gasteiger partial charge >= 0.3 is 0 Å². The topological polar surface area (TPSA) is 60.9 Å². The van der Waals surface area contributed by atoms with Crippen LogP contribution in [0.25, 0.3) is 0 Å². The summed E-state index contributed by atoms with van der Waals surface area (Å²) in [5.41, 5.74) is 5.27. The summed E-state index contributed by atoms with van der Waals surface area (Å²) < 4.78 is 1.72. The first-order valence-electron chi connectivity index (χ1n) is 2.60. The van der Waals surface area contributed by atoms with Gasteiger partial charge in [-0.3, -0.25) is 4.79 Å². The van der Waals surface area contributed by atoms with Gasteiger partial charge in [0, 0.05) is 7.05 Å². The van der Waals surface area contributed by atoms with Crippen LogP contribution in [0.2, 0.25) is 0 Å². The summed E-state index contributed by atoms with van der Waals surface area (Å²) in [5.74, 6) is 0. The third-order valence-electron chi connectivity index (χ3n) is 1.13. The van der Waals surface area contributed by atoms with Crippen molar-refractivity contribution in [3.8, 4) is 0 Å². The molecule has 54 valence electrons. The average Bonchev–Trinajstić information content (AvgIpc) is 1.93. The van der Waals surface area contributed by atoms with Crippen LogP contribution in [0.3, 0.4) is 0 Å². The van der Waals surface area contributed by atoms with Crippen molar-refractivity contribution in [3.63, 3.8) is 0 Å². The molecule has 0 atom stereocenters. The molecule has 5 heteroatoms. The van der Waals surface area contributed by atoms with Crippen LogP contribution >= 0.6 is 15.9 Å². The minimum absolute atomic E-state index is 0.192. The number of rotatable bonds is 0.